The Hall–Kier alpha value is -0.860. The molecule has 0 saturated carbocycles. The predicted molar refractivity (Wildman–Crippen MR) is 78.0 cm³/mol. The van der Waals surface area contributed by atoms with Gasteiger partial charge in [-0.2, -0.15) is 0 Å². The van der Waals surface area contributed by atoms with Gasteiger partial charge in [0.25, 0.3) is 0 Å². The fourth-order valence-electron chi connectivity index (χ4n) is 2.58. The van der Waals surface area contributed by atoms with Gasteiger partial charge in [0.1, 0.15) is 0 Å². The molecule has 1 rings (SSSR count). The Kier molecular flexibility index (Phi) is 5.83. The molecule has 0 spiro atoms. The normalized spacial score (nSPS) is 14.8. The summed E-state index contributed by atoms with van der Waals surface area (Å²) in [5.74, 6) is 0.489. The molecule has 0 saturated heterocycles. The van der Waals surface area contributed by atoms with E-state index in [9.17, 15) is 0 Å². The van der Waals surface area contributed by atoms with Gasteiger partial charge >= 0.3 is 0 Å². The molecule has 18 heavy (non-hydrogen) atoms. The second-order valence-electron chi connectivity index (χ2n) is 5.35. The summed E-state index contributed by atoms with van der Waals surface area (Å²) in [7, 11) is 2.01. The van der Waals surface area contributed by atoms with Crippen molar-refractivity contribution >= 4 is 0 Å². The monoisotopic (exact) mass is 249 g/mol. The van der Waals surface area contributed by atoms with Crippen LogP contribution < -0.4 is 5.32 Å². The molecule has 0 bridgehead atoms. The third-order valence-electron chi connectivity index (χ3n) is 3.26. The molecular weight excluding hydrogens is 222 g/mol. The number of hydrogen-bond donors (Lipinski definition) is 1. The van der Waals surface area contributed by atoms with Crippen molar-refractivity contribution in [2.75, 3.05) is 13.7 Å². The van der Waals surface area contributed by atoms with E-state index in [-0.39, 0.29) is 12.1 Å². The summed E-state index contributed by atoms with van der Waals surface area (Å²) in [6.07, 6.45) is 0.209. The molecule has 1 N–H and O–H groups in total. The first-order chi connectivity index (χ1) is 8.49. The predicted octanol–water partition coefficient (Wildman–Crippen LogP) is 3.63. The van der Waals surface area contributed by atoms with Gasteiger partial charge in [-0.05, 0) is 39.3 Å². The van der Waals surface area contributed by atoms with Crippen molar-refractivity contribution < 1.29 is 4.74 Å². The zero-order chi connectivity index (χ0) is 13.7. The van der Waals surface area contributed by atoms with Crippen molar-refractivity contribution in [1.29, 1.82) is 0 Å². The SMILES string of the molecule is CCOC(C(C)C)C(NC)c1cc(C)cc(C)c1. The Morgan fingerprint density at radius 1 is 1.11 bits per heavy atom. The molecule has 0 radical (unpaired) electrons. The highest BCUT2D eigenvalue weighted by atomic mass is 16.5. The topological polar surface area (TPSA) is 21.3 Å². The molecule has 0 aliphatic heterocycles. The van der Waals surface area contributed by atoms with E-state index < -0.39 is 0 Å². The first-order valence-electron chi connectivity index (χ1n) is 6.86. The van der Waals surface area contributed by atoms with Gasteiger partial charge in [0.05, 0.1) is 12.1 Å². The van der Waals surface area contributed by atoms with Crippen molar-refractivity contribution in [2.45, 2.75) is 46.8 Å². The smallest absolute Gasteiger partial charge is 0.0792 e. The number of nitrogens with one attached hydrogen (secondary N) is 1. The summed E-state index contributed by atoms with van der Waals surface area (Å²) in [5.41, 5.74) is 3.94. The Morgan fingerprint density at radius 2 is 1.67 bits per heavy atom. The van der Waals surface area contributed by atoms with E-state index in [2.05, 4.69) is 58.1 Å². The lowest BCUT2D eigenvalue weighted by atomic mass is 9.91. The van der Waals surface area contributed by atoms with Crippen LogP contribution in [0.1, 0.15) is 43.5 Å². The molecule has 0 aromatic heterocycles. The Bertz CT molecular complexity index is 353. The molecule has 1 aromatic rings. The molecule has 0 amide bonds. The summed E-state index contributed by atoms with van der Waals surface area (Å²) < 4.78 is 5.93. The van der Waals surface area contributed by atoms with Crippen LogP contribution in [0.5, 0.6) is 0 Å². The average molecular weight is 249 g/mol. The second-order valence-corrected chi connectivity index (χ2v) is 5.35. The minimum atomic E-state index is 0.209. The van der Waals surface area contributed by atoms with E-state index in [1.807, 2.05) is 7.05 Å². The van der Waals surface area contributed by atoms with Crippen LogP contribution in [0.25, 0.3) is 0 Å². The lowest BCUT2D eigenvalue weighted by Crippen LogP contribution is -2.35. The van der Waals surface area contributed by atoms with Gasteiger partial charge in [-0.25, -0.2) is 0 Å². The zero-order valence-corrected chi connectivity index (χ0v) is 12.6. The van der Waals surface area contributed by atoms with E-state index in [0.29, 0.717) is 5.92 Å². The van der Waals surface area contributed by atoms with Crippen molar-refractivity contribution in [1.82, 2.24) is 5.32 Å². The van der Waals surface area contributed by atoms with Crippen LogP contribution in [0.15, 0.2) is 18.2 Å². The molecular formula is C16H27NO. The first kappa shape index (κ1) is 15.2. The maximum Gasteiger partial charge on any atom is 0.0792 e. The van der Waals surface area contributed by atoms with Crippen molar-refractivity contribution in [3.8, 4) is 0 Å². The molecule has 0 heterocycles. The number of benzene rings is 1. The molecule has 0 aliphatic rings. The van der Waals surface area contributed by atoms with Gasteiger partial charge in [-0.3, -0.25) is 0 Å². The van der Waals surface area contributed by atoms with Crippen LogP contribution in [0.4, 0.5) is 0 Å². The van der Waals surface area contributed by atoms with Gasteiger partial charge in [0.15, 0.2) is 0 Å². The highest BCUT2D eigenvalue weighted by molar-refractivity contribution is 5.31. The van der Waals surface area contributed by atoms with Crippen LogP contribution in [-0.2, 0) is 4.74 Å². The van der Waals surface area contributed by atoms with E-state index in [1.54, 1.807) is 0 Å². The maximum absolute atomic E-state index is 5.93. The third kappa shape index (κ3) is 3.82. The zero-order valence-electron chi connectivity index (χ0n) is 12.6. The Morgan fingerprint density at radius 3 is 2.06 bits per heavy atom. The van der Waals surface area contributed by atoms with Crippen molar-refractivity contribution in [3.63, 3.8) is 0 Å². The fourth-order valence-corrected chi connectivity index (χ4v) is 2.58. The Balaban J connectivity index is 3.06. The second kappa shape index (κ2) is 6.91. The lowest BCUT2D eigenvalue weighted by Gasteiger charge is -2.30. The largest absolute Gasteiger partial charge is 0.376 e. The van der Waals surface area contributed by atoms with Gasteiger partial charge < -0.3 is 10.1 Å². The quantitative estimate of drug-likeness (QED) is 0.831. The molecule has 2 atom stereocenters. The summed E-state index contributed by atoms with van der Waals surface area (Å²) in [5, 5.41) is 3.41. The molecule has 0 fully saturated rings. The van der Waals surface area contributed by atoms with Crippen LogP contribution >= 0.6 is 0 Å². The summed E-state index contributed by atoms with van der Waals surface area (Å²) in [4.78, 5) is 0. The van der Waals surface area contributed by atoms with E-state index in [0.717, 1.165) is 6.61 Å². The number of aryl methyl sites for hydroxylation is 2. The van der Waals surface area contributed by atoms with Crippen LogP contribution in [0, 0.1) is 19.8 Å². The van der Waals surface area contributed by atoms with Gasteiger partial charge in [-0.1, -0.05) is 43.2 Å². The number of rotatable bonds is 6. The Labute approximate surface area is 112 Å². The number of ether oxygens (including phenoxy) is 1. The van der Waals surface area contributed by atoms with E-state index in [1.165, 1.54) is 16.7 Å². The van der Waals surface area contributed by atoms with E-state index >= 15 is 0 Å². The molecule has 0 aliphatic carbocycles. The first-order valence-corrected chi connectivity index (χ1v) is 6.86. The van der Waals surface area contributed by atoms with Crippen LogP contribution in [-0.4, -0.2) is 19.8 Å². The van der Waals surface area contributed by atoms with E-state index in [4.69, 9.17) is 4.74 Å². The summed E-state index contributed by atoms with van der Waals surface area (Å²) in [6.45, 7) is 11.5. The maximum atomic E-state index is 5.93. The molecule has 1 aromatic carbocycles. The van der Waals surface area contributed by atoms with Gasteiger partial charge in [0.2, 0.25) is 0 Å². The van der Waals surface area contributed by atoms with Gasteiger partial charge in [0, 0.05) is 6.61 Å². The lowest BCUT2D eigenvalue weighted by molar-refractivity contribution is 0.00458. The van der Waals surface area contributed by atoms with Crippen molar-refractivity contribution in [3.05, 3.63) is 34.9 Å². The fraction of sp³-hybridized carbons (Fsp3) is 0.625. The highest BCUT2D eigenvalue weighted by Crippen LogP contribution is 2.26. The third-order valence-corrected chi connectivity index (χ3v) is 3.26. The molecule has 2 unspecified atom stereocenters. The summed E-state index contributed by atoms with van der Waals surface area (Å²) in [6, 6.07) is 6.97. The summed E-state index contributed by atoms with van der Waals surface area (Å²) >= 11 is 0. The average Bonchev–Trinajstić information content (AvgIpc) is 2.27. The molecule has 2 nitrogen and oxygen atoms in total. The minimum Gasteiger partial charge on any atom is -0.376 e. The standard InChI is InChI=1S/C16H27NO/c1-7-18-16(11(2)3)15(17-6)14-9-12(4)8-13(5)10-14/h8-11,15-17H,7H2,1-6H3. The molecule has 2 heteroatoms. The molecule has 102 valence electrons. The van der Waals surface area contributed by atoms with Gasteiger partial charge in [-0.15, -0.1) is 0 Å². The highest BCUT2D eigenvalue weighted by Gasteiger charge is 2.25. The minimum absolute atomic E-state index is 0.209. The van der Waals surface area contributed by atoms with Crippen molar-refractivity contribution in [2.24, 2.45) is 5.92 Å². The number of likely N-dealkylation sites (N-methyl/N-ethyl adjacent to an activating group) is 1. The number of hydrogen-bond acceptors (Lipinski definition) is 2. The van der Waals surface area contributed by atoms with Crippen LogP contribution in [0.2, 0.25) is 0 Å². The van der Waals surface area contributed by atoms with Crippen LogP contribution in [0.3, 0.4) is 0 Å².